The normalized spacial score (nSPS) is 17.1. The number of nitrogens with one attached hydrogen (secondary N) is 1. The van der Waals surface area contributed by atoms with E-state index in [0.29, 0.717) is 0 Å². The van der Waals surface area contributed by atoms with Gasteiger partial charge in [-0.3, -0.25) is 14.4 Å². The van der Waals surface area contributed by atoms with E-state index in [1.165, 1.54) is 27.9 Å². The van der Waals surface area contributed by atoms with Gasteiger partial charge in [0.25, 0.3) is 0 Å². The third-order valence-electron chi connectivity index (χ3n) is 7.37. The smallest absolute Gasteiger partial charge is 0.241 e. The fourth-order valence-electron chi connectivity index (χ4n) is 5.50. The predicted molar refractivity (Wildman–Crippen MR) is 138 cm³/mol. The maximum Gasteiger partial charge on any atom is 0.241 e. The molecule has 2 aromatic carbocycles. The van der Waals surface area contributed by atoms with Crippen molar-refractivity contribution < 1.29 is 4.79 Å². The van der Waals surface area contributed by atoms with Crippen LogP contribution in [-0.4, -0.2) is 34.2 Å². The predicted octanol–water partition coefficient (Wildman–Crippen LogP) is 5.24. The Morgan fingerprint density at radius 1 is 1.12 bits per heavy atom. The van der Waals surface area contributed by atoms with Crippen LogP contribution in [0.15, 0.2) is 48.5 Å². The molecule has 180 valence electrons. The van der Waals surface area contributed by atoms with Crippen molar-refractivity contribution in [3.05, 3.63) is 87.7 Å². The lowest BCUT2D eigenvalue weighted by molar-refractivity contribution is -0.127. The number of carbonyl (C=O) groups is 1. The first-order valence-electron chi connectivity index (χ1n) is 12.6. The van der Waals surface area contributed by atoms with Crippen molar-refractivity contribution in [2.75, 3.05) is 13.6 Å². The van der Waals surface area contributed by atoms with Crippen molar-refractivity contribution in [3.63, 3.8) is 0 Å². The van der Waals surface area contributed by atoms with Crippen molar-refractivity contribution in [2.24, 2.45) is 0 Å². The van der Waals surface area contributed by atoms with Crippen LogP contribution in [0.1, 0.15) is 71.1 Å². The Bertz CT molecular complexity index is 1130. The first-order valence-corrected chi connectivity index (χ1v) is 12.6. The minimum absolute atomic E-state index is 0.0476. The van der Waals surface area contributed by atoms with Gasteiger partial charge in [-0.2, -0.15) is 5.10 Å². The third kappa shape index (κ3) is 4.80. The highest BCUT2D eigenvalue weighted by atomic mass is 16.2. The van der Waals surface area contributed by atoms with Gasteiger partial charge in [0.2, 0.25) is 5.91 Å². The summed E-state index contributed by atoms with van der Waals surface area (Å²) in [6, 6.07) is 16.8. The molecule has 0 saturated carbocycles. The molecule has 1 aliphatic rings. The molecular formula is C29H38N4O. The second kappa shape index (κ2) is 10.6. The molecule has 5 nitrogen and oxygen atoms in total. The van der Waals surface area contributed by atoms with Gasteiger partial charge in [-0.05, 0) is 75.6 Å². The summed E-state index contributed by atoms with van der Waals surface area (Å²) in [6.45, 7) is 10.4. The molecule has 5 heteroatoms. The number of amides is 1. The van der Waals surface area contributed by atoms with Crippen LogP contribution < -0.4 is 5.32 Å². The van der Waals surface area contributed by atoms with Crippen molar-refractivity contribution >= 4 is 5.91 Å². The lowest BCUT2D eigenvalue weighted by Crippen LogP contribution is -2.41. The number of rotatable bonds is 7. The van der Waals surface area contributed by atoms with E-state index in [1.54, 1.807) is 7.05 Å². The first-order chi connectivity index (χ1) is 16.4. The minimum atomic E-state index is -0.328. The number of hydrogen-bond donors (Lipinski definition) is 1. The summed E-state index contributed by atoms with van der Waals surface area (Å²) in [5.41, 5.74) is 8.82. The van der Waals surface area contributed by atoms with E-state index in [9.17, 15) is 4.79 Å². The van der Waals surface area contributed by atoms with Crippen molar-refractivity contribution in [3.8, 4) is 0 Å². The number of hydrogen-bond acceptors (Lipinski definition) is 3. The zero-order valence-electron chi connectivity index (χ0n) is 21.3. The van der Waals surface area contributed by atoms with Gasteiger partial charge in [0.15, 0.2) is 0 Å². The molecule has 2 heterocycles. The Kier molecular flexibility index (Phi) is 7.52. The van der Waals surface area contributed by atoms with Crippen LogP contribution >= 0.6 is 0 Å². The van der Waals surface area contributed by atoms with Crippen LogP contribution in [0.4, 0.5) is 0 Å². The molecule has 0 spiro atoms. The number of fused-ring (bicyclic) bond motifs is 1. The zero-order valence-corrected chi connectivity index (χ0v) is 21.3. The van der Waals surface area contributed by atoms with Gasteiger partial charge in [0.05, 0.1) is 5.69 Å². The Balaban J connectivity index is 1.78. The SMILES string of the molecule is CCn1nc(C)c2c1CCCN(C(C(=O)NC)c1ccccc1)C2CCc1ccc(C)c(C)c1. The summed E-state index contributed by atoms with van der Waals surface area (Å²) in [6.07, 6.45) is 3.92. The average molecular weight is 459 g/mol. The molecule has 0 aliphatic carbocycles. The summed E-state index contributed by atoms with van der Waals surface area (Å²) >= 11 is 0. The maximum absolute atomic E-state index is 13.3. The molecule has 1 aromatic heterocycles. The highest BCUT2D eigenvalue weighted by Crippen LogP contribution is 2.40. The van der Waals surface area contributed by atoms with E-state index < -0.39 is 0 Å². The summed E-state index contributed by atoms with van der Waals surface area (Å²) in [4.78, 5) is 15.8. The van der Waals surface area contributed by atoms with Gasteiger partial charge < -0.3 is 5.32 Å². The number of likely N-dealkylation sites (N-methyl/N-ethyl adjacent to an activating group) is 1. The summed E-state index contributed by atoms with van der Waals surface area (Å²) in [5, 5.41) is 7.85. The molecule has 2 atom stereocenters. The average Bonchev–Trinajstić information content (AvgIpc) is 3.04. The molecule has 1 N–H and O–H groups in total. The molecule has 2 unspecified atom stereocenters. The Morgan fingerprint density at radius 2 is 1.88 bits per heavy atom. The second-order valence-electron chi connectivity index (χ2n) is 9.50. The van der Waals surface area contributed by atoms with Gasteiger partial charge in [-0.25, -0.2) is 0 Å². The highest BCUT2D eigenvalue weighted by molar-refractivity contribution is 5.83. The molecule has 0 radical (unpaired) electrons. The largest absolute Gasteiger partial charge is 0.358 e. The van der Waals surface area contributed by atoms with Crippen LogP contribution in [0, 0.1) is 20.8 Å². The first kappa shape index (κ1) is 24.2. The van der Waals surface area contributed by atoms with Gasteiger partial charge in [-0.15, -0.1) is 0 Å². The van der Waals surface area contributed by atoms with Gasteiger partial charge in [-0.1, -0.05) is 48.5 Å². The van der Waals surface area contributed by atoms with Crippen molar-refractivity contribution in [1.29, 1.82) is 0 Å². The lowest BCUT2D eigenvalue weighted by Gasteiger charge is -2.37. The molecular weight excluding hydrogens is 420 g/mol. The molecule has 1 aliphatic heterocycles. The molecule has 4 rings (SSSR count). The molecule has 0 fully saturated rings. The number of aryl methyl sites for hydroxylation is 5. The van der Waals surface area contributed by atoms with Crippen LogP contribution in [0.3, 0.4) is 0 Å². The molecule has 0 bridgehead atoms. The third-order valence-corrected chi connectivity index (χ3v) is 7.37. The van der Waals surface area contributed by atoms with Gasteiger partial charge >= 0.3 is 0 Å². The fourth-order valence-corrected chi connectivity index (χ4v) is 5.50. The number of carbonyl (C=O) groups excluding carboxylic acids is 1. The summed E-state index contributed by atoms with van der Waals surface area (Å²) < 4.78 is 2.18. The van der Waals surface area contributed by atoms with Crippen LogP contribution in [0.2, 0.25) is 0 Å². The van der Waals surface area contributed by atoms with E-state index in [0.717, 1.165) is 50.0 Å². The van der Waals surface area contributed by atoms with Gasteiger partial charge in [0, 0.05) is 37.4 Å². The molecule has 0 saturated heterocycles. The topological polar surface area (TPSA) is 50.2 Å². The molecule has 3 aromatic rings. The van der Waals surface area contributed by atoms with E-state index in [2.05, 4.69) is 72.9 Å². The quantitative estimate of drug-likeness (QED) is 0.527. The van der Waals surface area contributed by atoms with Crippen molar-refractivity contribution in [2.45, 2.75) is 72.0 Å². The van der Waals surface area contributed by atoms with Gasteiger partial charge in [0.1, 0.15) is 6.04 Å². The fraction of sp³-hybridized carbons (Fsp3) is 0.448. The van der Waals surface area contributed by atoms with Crippen LogP contribution in [-0.2, 0) is 24.2 Å². The van der Waals surface area contributed by atoms with E-state index in [4.69, 9.17) is 5.10 Å². The number of nitrogens with zero attached hydrogens (tertiary/aromatic N) is 3. The van der Waals surface area contributed by atoms with Crippen LogP contribution in [0.25, 0.3) is 0 Å². The van der Waals surface area contributed by atoms with Crippen LogP contribution in [0.5, 0.6) is 0 Å². The maximum atomic E-state index is 13.3. The zero-order chi connectivity index (χ0) is 24.2. The molecule has 1 amide bonds. The monoisotopic (exact) mass is 458 g/mol. The lowest BCUT2D eigenvalue weighted by atomic mass is 9.92. The Morgan fingerprint density at radius 3 is 2.56 bits per heavy atom. The molecule has 34 heavy (non-hydrogen) atoms. The number of aromatic nitrogens is 2. The van der Waals surface area contributed by atoms with E-state index in [1.807, 2.05) is 18.2 Å². The summed E-state index contributed by atoms with van der Waals surface area (Å²) in [5.74, 6) is 0.0476. The minimum Gasteiger partial charge on any atom is -0.358 e. The summed E-state index contributed by atoms with van der Waals surface area (Å²) in [7, 11) is 1.74. The van der Waals surface area contributed by atoms with E-state index in [-0.39, 0.29) is 18.0 Å². The Hall–Kier alpha value is -2.92. The van der Waals surface area contributed by atoms with E-state index >= 15 is 0 Å². The Labute approximate surface area is 204 Å². The van der Waals surface area contributed by atoms with Crippen molar-refractivity contribution in [1.82, 2.24) is 20.0 Å². The standard InChI is InChI=1S/C29H38N4O/c1-6-33-26-13-10-18-32(28(29(34)30-5)24-11-8-7-9-12-24)25(27(26)22(4)31-33)17-16-23-15-14-20(2)21(3)19-23/h7-9,11-12,14-15,19,25,28H,6,10,13,16-18H2,1-5H3,(H,30,34). The number of benzene rings is 2. The second-order valence-corrected chi connectivity index (χ2v) is 9.50. The highest BCUT2D eigenvalue weighted by Gasteiger charge is 2.37.